The quantitative estimate of drug-likeness (QED) is 0.516. The summed E-state index contributed by atoms with van der Waals surface area (Å²) in [5.74, 6) is 0.195. The molecule has 0 aliphatic heterocycles. The summed E-state index contributed by atoms with van der Waals surface area (Å²) in [5, 5.41) is 3.99. The average molecular weight is 422 g/mol. The Kier molecular flexibility index (Phi) is 5.37. The summed E-state index contributed by atoms with van der Waals surface area (Å²) in [7, 11) is 1.56. The summed E-state index contributed by atoms with van der Waals surface area (Å²) < 4.78 is 7.10. The van der Waals surface area contributed by atoms with E-state index in [4.69, 9.17) is 16.3 Å². The molecule has 0 fully saturated rings. The number of anilines is 1. The van der Waals surface area contributed by atoms with Gasteiger partial charge in [-0.15, -0.1) is 0 Å². The van der Waals surface area contributed by atoms with Crippen molar-refractivity contribution in [2.24, 2.45) is 0 Å². The van der Waals surface area contributed by atoms with Crippen molar-refractivity contribution in [3.05, 3.63) is 76.5 Å². The minimum absolute atomic E-state index is 0.300. The molecular weight excluding hydrogens is 402 g/mol. The fourth-order valence-electron chi connectivity index (χ4n) is 3.27. The van der Waals surface area contributed by atoms with E-state index in [-0.39, 0.29) is 5.91 Å². The zero-order chi connectivity index (χ0) is 21.3. The molecule has 0 aliphatic rings. The van der Waals surface area contributed by atoms with Crippen molar-refractivity contribution < 1.29 is 9.53 Å². The summed E-state index contributed by atoms with van der Waals surface area (Å²) in [6.45, 7) is 4.40. The summed E-state index contributed by atoms with van der Waals surface area (Å²) in [4.78, 5) is 25.6. The maximum Gasteiger partial charge on any atom is 0.258 e. The molecule has 30 heavy (non-hydrogen) atoms. The Labute approximate surface area is 178 Å². The standard InChI is InChI=1S/C22H20ClN5O2/c1-13-4-6-15(7-5-13)27-22(29)17-9-24-21-19(20(17)23)14(2)10-28(21)11-16-8-18(30-3)26-12-25-16/h4-10,12H,11H2,1-3H3,(H,27,29). The van der Waals surface area contributed by atoms with Gasteiger partial charge in [0.05, 0.1) is 29.9 Å². The van der Waals surface area contributed by atoms with Crippen molar-refractivity contribution in [1.29, 1.82) is 0 Å². The molecule has 1 aromatic carbocycles. The molecule has 0 saturated carbocycles. The van der Waals surface area contributed by atoms with Crippen LogP contribution >= 0.6 is 11.6 Å². The largest absolute Gasteiger partial charge is 0.481 e. The van der Waals surface area contributed by atoms with E-state index in [1.165, 1.54) is 12.5 Å². The van der Waals surface area contributed by atoms with Crippen LogP contribution in [0.4, 0.5) is 5.69 Å². The van der Waals surface area contributed by atoms with Gasteiger partial charge in [-0.05, 0) is 31.5 Å². The third-order valence-electron chi connectivity index (χ3n) is 4.81. The van der Waals surface area contributed by atoms with Crippen LogP contribution in [0.1, 0.15) is 27.2 Å². The summed E-state index contributed by atoms with van der Waals surface area (Å²) in [6.07, 6.45) is 4.91. The molecule has 152 valence electrons. The summed E-state index contributed by atoms with van der Waals surface area (Å²) >= 11 is 6.64. The first-order valence-electron chi connectivity index (χ1n) is 9.33. The van der Waals surface area contributed by atoms with Crippen LogP contribution in [-0.4, -0.2) is 32.5 Å². The lowest BCUT2D eigenvalue weighted by molar-refractivity contribution is 0.102. The Morgan fingerprint density at radius 2 is 1.93 bits per heavy atom. The predicted octanol–water partition coefficient (Wildman–Crippen LogP) is 4.41. The normalized spacial score (nSPS) is 10.9. The van der Waals surface area contributed by atoms with Crippen molar-refractivity contribution >= 4 is 34.2 Å². The molecule has 1 amide bonds. The molecule has 4 rings (SSSR count). The fraction of sp³-hybridized carbons (Fsp3) is 0.182. The first kappa shape index (κ1) is 19.8. The lowest BCUT2D eigenvalue weighted by atomic mass is 10.1. The van der Waals surface area contributed by atoms with Crippen LogP contribution in [0.25, 0.3) is 11.0 Å². The second-order valence-corrected chi connectivity index (χ2v) is 7.37. The molecule has 3 heterocycles. The van der Waals surface area contributed by atoms with Gasteiger partial charge in [-0.3, -0.25) is 4.79 Å². The minimum atomic E-state index is -0.300. The number of rotatable bonds is 5. The van der Waals surface area contributed by atoms with Gasteiger partial charge >= 0.3 is 0 Å². The third-order valence-corrected chi connectivity index (χ3v) is 5.20. The molecular formula is C22H20ClN5O2. The van der Waals surface area contributed by atoms with Crippen molar-refractivity contribution in [3.8, 4) is 5.88 Å². The molecule has 3 aromatic heterocycles. The number of carbonyl (C=O) groups is 1. The summed E-state index contributed by atoms with van der Waals surface area (Å²) in [5.41, 5.74) is 4.53. The van der Waals surface area contributed by atoms with Gasteiger partial charge in [0.25, 0.3) is 5.91 Å². The molecule has 7 nitrogen and oxygen atoms in total. The van der Waals surface area contributed by atoms with Crippen LogP contribution < -0.4 is 10.1 Å². The molecule has 0 spiro atoms. The van der Waals surface area contributed by atoms with Gasteiger partial charge in [0.15, 0.2) is 0 Å². The Bertz CT molecular complexity index is 1230. The van der Waals surface area contributed by atoms with Crippen LogP contribution in [0.15, 0.2) is 49.1 Å². The SMILES string of the molecule is COc1cc(Cn2cc(C)c3c(Cl)c(C(=O)Nc4ccc(C)cc4)cnc32)ncn1. The van der Waals surface area contributed by atoms with E-state index in [1.54, 1.807) is 13.2 Å². The maximum atomic E-state index is 12.8. The van der Waals surface area contributed by atoms with Crippen molar-refractivity contribution in [2.75, 3.05) is 12.4 Å². The monoisotopic (exact) mass is 421 g/mol. The minimum Gasteiger partial charge on any atom is -0.481 e. The number of nitrogens with zero attached hydrogens (tertiary/aromatic N) is 4. The number of aromatic nitrogens is 4. The predicted molar refractivity (Wildman–Crippen MR) is 116 cm³/mol. The topological polar surface area (TPSA) is 81.9 Å². The summed E-state index contributed by atoms with van der Waals surface area (Å²) in [6, 6.07) is 9.35. The Hall–Kier alpha value is -3.45. The first-order chi connectivity index (χ1) is 14.5. The smallest absolute Gasteiger partial charge is 0.258 e. The zero-order valence-corrected chi connectivity index (χ0v) is 17.6. The van der Waals surface area contributed by atoms with E-state index < -0.39 is 0 Å². The van der Waals surface area contributed by atoms with Gasteiger partial charge in [0.1, 0.15) is 12.0 Å². The molecule has 4 aromatic rings. The second kappa shape index (κ2) is 8.12. The number of aryl methyl sites for hydroxylation is 2. The molecule has 0 radical (unpaired) electrons. The molecule has 0 saturated heterocycles. The van der Waals surface area contributed by atoms with Crippen molar-refractivity contribution in [3.63, 3.8) is 0 Å². The Morgan fingerprint density at radius 3 is 2.67 bits per heavy atom. The van der Waals surface area contributed by atoms with Gasteiger partial charge < -0.3 is 14.6 Å². The average Bonchev–Trinajstić information content (AvgIpc) is 3.06. The molecule has 0 aliphatic carbocycles. The lowest BCUT2D eigenvalue weighted by Crippen LogP contribution is -2.13. The highest BCUT2D eigenvalue weighted by Crippen LogP contribution is 2.31. The highest BCUT2D eigenvalue weighted by Gasteiger charge is 2.19. The third kappa shape index (κ3) is 3.84. The molecule has 0 bridgehead atoms. The van der Waals surface area contributed by atoms with Gasteiger partial charge in [-0.2, -0.15) is 0 Å². The molecule has 8 heteroatoms. The molecule has 0 atom stereocenters. The van der Waals surface area contributed by atoms with Crippen LogP contribution in [0.5, 0.6) is 5.88 Å². The number of amides is 1. The highest BCUT2D eigenvalue weighted by atomic mass is 35.5. The number of pyridine rings is 1. The first-order valence-corrected chi connectivity index (χ1v) is 9.71. The number of methoxy groups -OCH3 is 1. The van der Waals surface area contributed by atoms with E-state index in [2.05, 4.69) is 20.3 Å². The van der Waals surface area contributed by atoms with E-state index in [0.717, 1.165) is 22.2 Å². The Balaban J connectivity index is 1.66. The van der Waals surface area contributed by atoms with Gasteiger partial charge in [0.2, 0.25) is 5.88 Å². The Morgan fingerprint density at radius 1 is 1.17 bits per heavy atom. The number of ether oxygens (including phenoxy) is 1. The van der Waals surface area contributed by atoms with Crippen molar-refractivity contribution in [1.82, 2.24) is 19.5 Å². The number of hydrogen-bond donors (Lipinski definition) is 1. The number of fused-ring (bicyclic) bond motifs is 1. The maximum absolute atomic E-state index is 12.8. The van der Waals surface area contributed by atoms with E-state index in [0.29, 0.717) is 34.3 Å². The number of halogens is 1. The van der Waals surface area contributed by atoms with E-state index >= 15 is 0 Å². The molecule has 1 N–H and O–H groups in total. The van der Waals surface area contributed by atoms with Crippen molar-refractivity contribution in [2.45, 2.75) is 20.4 Å². The zero-order valence-electron chi connectivity index (χ0n) is 16.8. The van der Waals surface area contributed by atoms with E-state index in [1.807, 2.05) is 48.9 Å². The number of carbonyl (C=O) groups excluding carboxylic acids is 1. The highest BCUT2D eigenvalue weighted by molar-refractivity contribution is 6.39. The number of benzene rings is 1. The van der Waals surface area contributed by atoms with Gasteiger partial charge in [-0.25, -0.2) is 15.0 Å². The van der Waals surface area contributed by atoms with E-state index in [9.17, 15) is 4.79 Å². The van der Waals surface area contributed by atoms with Crippen LogP contribution in [-0.2, 0) is 6.54 Å². The van der Waals surface area contributed by atoms with Gasteiger partial charge in [-0.1, -0.05) is 29.3 Å². The van der Waals surface area contributed by atoms with Crippen LogP contribution in [0.2, 0.25) is 5.02 Å². The van der Waals surface area contributed by atoms with Crippen LogP contribution in [0, 0.1) is 13.8 Å². The number of nitrogens with one attached hydrogen (secondary N) is 1. The van der Waals surface area contributed by atoms with Crippen LogP contribution in [0.3, 0.4) is 0 Å². The fourth-order valence-corrected chi connectivity index (χ4v) is 3.64. The number of hydrogen-bond acceptors (Lipinski definition) is 5. The van der Waals surface area contributed by atoms with Gasteiger partial charge in [0, 0.05) is 29.5 Å². The second-order valence-electron chi connectivity index (χ2n) is 7.00. The lowest BCUT2D eigenvalue weighted by Gasteiger charge is -2.09. The molecule has 0 unspecified atom stereocenters.